The molecular formula is C15H23NO3. The molecule has 3 atom stereocenters. The molecule has 0 saturated heterocycles. The first-order chi connectivity index (χ1) is 9.06. The predicted octanol–water partition coefficient (Wildman–Crippen LogP) is 2.04. The summed E-state index contributed by atoms with van der Waals surface area (Å²) in [5, 5.41) is 12.4. The fourth-order valence-electron chi connectivity index (χ4n) is 3.66. The Morgan fingerprint density at radius 2 is 1.58 bits per heavy atom. The van der Waals surface area contributed by atoms with E-state index in [0.29, 0.717) is 30.2 Å². The van der Waals surface area contributed by atoms with E-state index in [1.807, 2.05) is 6.92 Å². The molecule has 0 aromatic rings. The molecule has 1 amide bonds. The number of carbonyl (C=O) groups excluding carboxylic acids is 1. The first-order valence-electron chi connectivity index (χ1n) is 7.59. The van der Waals surface area contributed by atoms with Gasteiger partial charge in [-0.15, -0.1) is 0 Å². The van der Waals surface area contributed by atoms with Crippen molar-refractivity contribution in [2.75, 3.05) is 0 Å². The van der Waals surface area contributed by atoms with Crippen LogP contribution >= 0.6 is 0 Å². The van der Waals surface area contributed by atoms with Gasteiger partial charge in [-0.3, -0.25) is 9.59 Å². The monoisotopic (exact) mass is 265 g/mol. The van der Waals surface area contributed by atoms with Gasteiger partial charge in [0.2, 0.25) is 5.91 Å². The van der Waals surface area contributed by atoms with E-state index >= 15 is 0 Å². The van der Waals surface area contributed by atoms with Crippen molar-refractivity contribution >= 4 is 11.9 Å². The van der Waals surface area contributed by atoms with Gasteiger partial charge in [0.15, 0.2) is 0 Å². The van der Waals surface area contributed by atoms with Crippen molar-refractivity contribution in [1.29, 1.82) is 0 Å². The SMILES string of the molecule is CC1CC(C(=O)O)C(C(=O)NC(C2CC2)C2CC2)C1. The number of carboxylic acid groups (broad SMARTS) is 1. The van der Waals surface area contributed by atoms with Gasteiger partial charge in [0.1, 0.15) is 0 Å². The normalized spacial score (nSPS) is 34.5. The van der Waals surface area contributed by atoms with E-state index in [1.165, 1.54) is 25.7 Å². The van der Waals surface area contributed by atoms with E-state index in [9.17, 15) is 14.7 Å². The lowest BCUT2D eigenvalue weighted by molar-refractivity contribution is -0.146. The second kappa shape index (κ2) is 4.80. The number of carbonyl (C=O) groups is 2. The molecule has 3 rings (SSSR count). The summed E-state index contributed by atoms with van der Waals surface area (Å²) in [7, 11) is 0. The summed E-state index contributed by atoms with van der Waals surface area (Å²) in [5.74, 6) is 0.0789. The number of aliphatic carboxylic acids is 1. The van der Waals surface area contributed by atoms with Crippen molar-refractivity contribution in [2.45, 2.75) is 51.5 Å². The Labute approximate surface area is 113 Å². The minimum absolute atomic E-state index is 0.000509. The maximum Gasteiger partial charge on any atom is 0.307 e. The molecule has 0 aromatic carbocycles. The van der Waals surface area contributed by atoms with Crippen LogP contribution in [0.3, 0.4) is 0 Å². The zero-order valence-corrected chi connectivity index (χ0v) is 11.5. The lowest BCUT2D eigenvalue weighted by atomic mass is 9.94. The van der Waals surface area contributed by atoms with Crippen LogP contribution in [0.2, 0.25) is 0 Å². The summed E-state index contributed by atoms with van der Waals surface area (Å²) in [6.07, 6.45) is 6.28. The minimum atomic E-state index is -0.807. The predicted molar refractivity (Wildman–Crippen MR) is 70.4 cm³/mol. The molecule has 0 aromatic heterocycles. The highest BCUT2D eigenvalue weighted by molar-refractivity contribution is 5.85. The van der Waals surface area contributed by atoms with Gasteiger partial charge in [-0.2, -0.15) is 0 Å². The molecule has 4 nitrogen and oxygen atoms in total. The highest BCUT2D eigenvalue weighted by atomic mass is 16.4. The Kier molecular flexibility index (Phi) is 3.27. The summed E-state index contributed by atoms with van der Waals surface area (Å²) in [6.45, 7) is 2.04. The van der Waals surface area contributed by atoms with Crippen LogP contribution in [0.5, 0.6) is 0 Å². The van der Waals surface area contributed by atoms with Gasteiger partial charge >= 0.3 is 5.97 Å². The van der Waals surface area contributed by atoms with Crippen LogP contribution in [0, 0.1) is 29.6 Å². The number of rotatable bonds is 5. The Hall–Kier alpha value is -1.06. The molecule has 3 aliphatic carbocycles. The standard InChI is InChI=1S/C15H23NO3/c1-8-6-11(12(7-8)15(18)19)14(17)16-13(9-2-3-9)10-4-5-10/h8-13H,2-7H2,1H3,(H,16,17)(H,18,19). The average Bonchev–Trinajstić information content (AvgIpc) is 3.23. The van der Waals surface area contributed by atoms with E-state index in [1.54, 1.807) is 0 Å². The third kappa shape index (κ3) is 2.77. The fraction of sp³-hybridized carbons (Fsp3) is 0.867. The minimum Gasteiger partial charge on any atom is -0.481 e. The highest BCUT2D eigenvalue weighted by Gasteiger charge is 2.46. The quantitative estimate of drug-likeness (QED) is 0.799. The van der Waals surface area contributed by atoms with Crippen molar-refractivity contribution < 1.29 is 14.7 Å². The molecule has 3 unspecified atom stereocenters. The molecule has 19 heavy (non-hydrogen) atoms. The van der Waals surface area contributed by atoms with Gasteiger partial charge in [0.05, 0.1) is 11.8 Å². The average molecular weight is 265 g/mol. The summed E-state index contributed by atoms with van der Waals surface area (Å²) in [4.78, 5) is 23.7. The first kappa shape index (κ1) is 12.9. The van der Waals surface area contributed by atoms with Crippen LogP contribution in [-0.2, 0) is 9.59 Å². The smallest absolute Gasteiger partial charge is 0.307 e. The molecule has 0 aliphatic heterocycles. The third-order valence-electron chi connectivity index (χ3n) is 5.02. The molecule has 3 aliphatic rings. The van der Waals surface area contributed by atoms with Gasteiger partial charge < -0.3 is 10.4 Å². The number of amides is 1. The molecular weight excluding hydrogens is 242 g/mol. The molecule has 0 heterocycles. The van der Waals surface area contributed by atoms with E-state index in [2.05, 4.69) is 5.32 Å². The van der Waals surface area contributed by atoms with Gasteiger partial charge in [-0.1, -0.05) is 6.92 Å². The largest absolute Gasteiger partial charge is 0.481 e. The maximum absolute atomic E-state index is 12.4. The van der Waals surface area contributed by atoms with E-state index in [-0.39, 0.29) is 11.8 Å². The second-order valence-corrected chi connectivity index (χ2v) is 6.84. The highest BCUT2D eigenvalue weighted by Crippen LogP contribution is 2.45. The van der Waals surface area contributed by atoms with Crippen LogP contribution in [0.1, 0.15) is 45.4 Å². The second-order valence-electron chi connectivity index (χ2n) is 6.84. The summed E-state index contributed by atoms with van der Waals surface area (Å²) >= 11 is 0. The van der Waals surface area contributed by atoms with Crippen LogP contribution in [-0.4, -0.2) is 23.0 Å². The van der Waals surface area contributed by atoms with Gasteiger partial charge in [-0.25, -0.2) is 0 Å². The zero-order valence-electron chi connectivity index (χ0n) is 11.5. The number of carboxylic acids is 1. The molecule has 2 N–H and O–H groups in total. The lowest BCUT2D eigenvalue weighted by Crippen LogP contribution is -2.43. The van der Waals surface area contributed by atoms with E-state index < -0.39 is 11.9 Å². The first-order valence-corrected chi connectivity index (χ1v) is 7.59. The molecule has 0 bridgehead atoms. The lowest BCUT2D eigenvalue weighted by Gasteiger charge is -2.22. The van der Waals surface area contributed by atoms with Crippen molar-refractivity contribution in [3.8, 4) is 0 Å². The molecule has 0 spiro atoms. The molecule has 4 heteroatoms. The summed E-state index contributed by atoms with van der Waals surface area (Å²) < 4.78 is 0. The van der Waals surface area contributed by atoms with Gasteiger partial charge in [0.25, 0.3) is 0 Å². The van der Waals surface area contributed by atoms with Gasteiger partial charge in [0, 0.05) is 6.04 Å². The molecule has 3 fully saturated rings. The Balaban J connectivity index is 1.63. The Bertz CT molecular complexity index is 375. The number of nitrogens with one attached hydrogen (secondary N) is 1. The van der Waals surface area contributed by atoms with Crippen molar-refractivity contribution in [1.82, 2.24) is 5.32 Å². The number of hydrogen-bond acceptors (Lipinski definition) is 2. The topological polar surface area (TPSA) is 66.4 Å². The van der Waals surface area contributed by atoms with Crippen molar-refractivity contribution in [3.63, 3.8) is 0 Å². The van der Waals surface area contributed by atoms with E-state index in [4.69, 9.17) is 0 Å². The van der Waals surface area contributed by atoms with Crippen LogP contribution < -0.4 is 5.32 Å². The number of hydrogen-bond donors (Lipinski definition) is 2. The van der Waals surface area contributed by atoms with Crippen molar-refractivity contribution in [3.05, 3.63) is 0 Å². The maximum atomic E-state index is 12.4. The summed E-state index contributed by atoms with van der Waals surface area (Å²) in [6, 6.07) is 0.331. The Morgan fingerprint density at radius 1 is 1.05 bits per heavy atom. The molecule has 3 saturated carbocycles. The van der Waals surface area contributed by atoms with Crippen LogP contribution in [0.4, 0.5) is 0 Å². The zero-order chi connectivity index (χ0) is 13.6. The van der Waals surface area contributed by atoms with Crippen molar-refractivity contribution in [2.24, 2.45) is 29.6 Å². The third-order valence-corrected chi connectivity index (χ3v) is 5.02. The molecule has 0 radical (unpaired) electrons. The fourth-order valence-corrected chi connectivity index (χ4v) is 3.66. The Morgan fingerprint density at radius 3 is 2.05 bits per heavy atom. The molecule has 106 valence electrons. The van der Waals surface area contributed by atoms with Gasteiger partial charge in [-0.05, 0) is 56.3 Å². The van der Waals surface area contributed by atoms with Crippen LogP contribution in [0.25, 0.3) is 0 Å². The summed E-state index contributed by atoms with van der Waals surface area (Å²) in [5.41, 5.74) is 0. The van der Waals surface area contributed by atoms with E-state index in [0.717, 1.165) is 6.42 Å². The van der Waals surface area contributed by atoms with Crippen LogP contribution in [0.15, 0.2) is 0 Å².